The number of hydrogen-bond acceptors (Lipinski definition) is 8. The molecule has 1 N–H and O–H groups in total. The van der Waals surface area contributed by atoms with Crippen LogP contribution in [0.15, 0.2) is 30.3 Å². The van der Waals surface area contributed by atoms with Crippen molar-refractivity contribution in [2.45, 2.75) is 25.2 Å². The Morgan fingerprint density at radius 1 is 1.03 bits per heavy atom. The molecule has 3 rings (SSSR count). The standard InChI is InChI=1S/C21H21NO7S/c1-12-15(18(24)27-2)17(30-16(12)19(25)28-3)22-14(23)11-29-20(26)21(9-10-21)13-7-5-4-6-8-13/h4-8H,9-11H2,1-3H3,(H,22,23). The molecule has 0 aliphatic heterocycles. The Morgan fingerprint density at radius 2 is 1.67 bits per heavy atom. The number of benzene rings is 1. The van der Waals surface area contributed by atoms with E-state index in [1.165, 1.54) is 14.2 Å². The topological polar surface area (TPSA) is 108 Å². The number of nitrogens with one attached hydrogen (secondary N) is 1. The van der Waals surface area contributed by atoms with E-state index in [4.69, 9.17) is 14.2 Å². The molecule has 1 aliphatic rings. The maximum Gasteiger partial charge on any atom is 0.348 e. The molecule has 9 heteroatoms. The zero-order chi connectivity index (χ0) is 21.9. The fourth-order valence-corrected chi connectivity index (χ4v) is 4.29. The summed E-state index contributed by atoms with van der Waals surface area (Å²) in [4.78, 5) is 49.1. The van der Waals surface area contributed by atoms with Crippen LogP contribution in [0.5, 0.6) is 0 Å². The minimum absolute atomic E-state index is 0.0607. The largest absolute Gasteiger partial charge is 0.465 e. The summed E-state index contributed by atoms with van der Waals surface area (Å²) in [6.45, 7) is 1.04. The lowest BCUT2D eigenvalue weighted by Crippen LogP contribution is -2.28. The molecule has 0 radical (unpaired) electrons. The number of carbonyl (C=O) groups is 4. The van der Waals surface area contributed by atoms with Gasteiger partial charge in [0.1, 0.15) is 9.88 Å². The van der Waals surface area contributed by atoms with Crippen molar-refractivity contribution in [1.29, 1.82) is 0 Å². The number of anilines is 1. The predicted octanol–water partition coefficient (Wildman–Crippen LogP) is 2.84. The molecule has 1 aromatic carbocycles. The molecule has 8 nitrogen and oxygen atoms in total. The maximum absolute atomic E-state index is 12.6. The number of ether oxygens (including phenoxy) is 3. The molecule has 1 heterocycles. The molecule has 0 spiro atoms. The fourth-order valence-electron chi connectivity index (χ4n) is 3.16. The van der Waals surface area contributed by atoms with E-state index >= 15 is 0 Å². The molecule has 0 saturated heterocycles. The Kier molecular flexibility index (Phi) is 6.21. The van der Waals surface area contributed by atoms with Crippen LogP contribution in [0.1, 0.15) is 44.0 Å². The average molecular weight is 431 g/mol. The van der Waals surface area contributed by atoms with E-state index < -0.39 is 35.8 Å². The summed E-state index contributed by atoms with van der Waals surface area (Å²) in [5, 5.41) is 2.66. The van der Waals surface area contributed by atoms with Gasteiger partial charge in [0.2, 0.25) is 0 Å². The third-order valence-corrected chi connectivity index (χ3v) is 6.15. The van der Waals surface area contributed by atoms with Crippen molar-refractivity contribution in [2.75, 3.05) is 26.1 Å². The highest BCUT2D eigenvalue weighted by Crippen LogP contribution is 2.49. The first-order valence-corrected chi connectivity index (χ1v) is 9.98. The number of hydrogen-bond donors (Lipinski definition) is 1. The van der Waals surface area contributed by atoms with Crippen molar-refractivity contribution in [3.05, 3.63) is 51.9 Å². The van der Waals surface area contributed by atoms with Crippen LogP contribution in [0.25, 0.3) is 0 Å². The van der Waals surface area contributed by atoms with Gasteiger partial charge < -0.3 is 19.5 Å². The molecule has 0 bridgehead atoms. The summed E-state index contributed by atoms with van der Waals surface area (Å²) in [7, 11) is 2.42. The molecule has 0 atom stereocenters. The number of amides is 1. The molecule has 1 amide bonds. The van der Waals surface area contributed by atoms with E-state index in [-0.39, 0.29) is 15.4 Å². The highest BCUT2D eigenvalue weighted by atomic mass is 32.1. The number of carbonyl (C=O) groups excluding carboxylic acids is 4. The van der Waals surface area contributed by atoms with Gasteiger partial charge in [0.15, 0.2) is 6.61 Å². The van der Waals surface area contributed by atoms with Crippen molar-refractivity contribution in [2.24, 2.45) is 0 Å². The second-order valence-electron chi connectivity index (χ2n) is 6.82. The molecule has 158 valence electrons. The summed E-state index contributed by atoms with van der Waals surface area (Å²) in [5.41, 5.74) is 0.563. The normalized spacial score (nSPS) is 13.8. The molecule has 1 aromatic heterocycles. The number of thiophene rings is 1. The summed E-state index contributed by atoms with van der Waals surface area (Å²) in [5.74, 6) is -2.43. The van der Waals surface area contributed by atoms with E-state index in [9.17, 15) is 19.2 Å². The van der Waals surface area contributed by atoms with Crippen LogP contribution in [0, 0.1) is 6.92 Å². The van der Waals surface area contributed by atoms with E-state index in [2.05, 4.69) is 5.32 Å². The summed E-state index contributed by atoms with van der Waals surface area (Å²) in [6.07, 6.45) is 1.33. The molecule has 1 saturated carbocycles. The molecule has 1 aliphatic carbocycles. The Labute approximate surface area is 177 Å². The minimum Gasteiger partial charge on any atom is -0.465 e. The second-order valence-corrected chi connectivity index (χ2v) is 7.84. The summed E-state index contributed by atoms with van der Waals surface area (Å²) >= 11 is 0.892. The van der Waals surface area contributed by atoms with E-state index in [1.807, 2.05) is 30.3 Å². The number of esters is 3. The van der Waals surface area contributed by atoms with Gasteiger partial charge in [-0.3, -0.25) is 9.59 Å². The molecule has 0 unspecified atom stereocenters. The van der Waals surface area contributed by atoms with Crippen molar-refractivity contribution in [1.82, 2.24) is 0 Å². The lowest BCUT2D eigenvalue weighted by molar-refractivity contribution is -0.150. The quantitative estimate of drug-likeness (QED) is 0.530. The third kappa shape index (κ3) is 4.06. The lowest BCUT2D eigenvalue weighted by Gasteiger charge is -2.14. The van der Waals surface area contributed by atoms with Gasteiger partial charge in [-0.25, -0.2) is 9.59 Å². The van der Waals surface area contributed by atoms with Gasteiger partial charge in [0.05, 0.1) is 25.2 Å². The van der Waals surface area contributed by atoms with Crippen molar-refractivity contribution < 1.29 is 33.4 Å². The van der Waals surface area contributed by atoms with Crippen LogP contribution in [-0.4, -0.2) is 44.6 Å². The molecule has 2 aromatic rings. The summed E-state index contributed by atoms with van der Waals surface area (Å²) < 4.78 is 14.7. The van der Waals surface area contributed by atoms with Crippen molar-refractivity contribution >= 4 is 40.2 Å². The van der Waals surface area contributed by atoms with E-state index in [0.717, 1.165) is 16.9 Å². The molecular weight excluding hydrogens is 410 g/mol. The fraction of sp³-hybridized carbons (Fsp3) is 0.333. The molecule has 1 fully saturated rings. The van der Waals surface area contributed by atoms with Gasteiger partial charge >= 0.3 is 17.9 Å². The minimum atomic E-state index is -0.702. The van der Waals surface area contributed by atoms with Crippen LogP contribution in [-0.2, 0) is 29.2 Å². The zero-order valence-electron chi connectivity index (χ0n) is 16.8. The van der Waals surface area contributed by atoms with Gasteiger partial charge in [0, 0.05) is 0 Å². The number of methoxy groups -OCH3 is 2. The third-order valence-electron chi connectivity index (χ3n) is 4.96. The number of rotatable bonds is 7. The van der Waals surface area contributed by atoms with Gasteiger partial charge in [-0.15, -0.1) is 11.3 Å². The summed E-state index contributed by atoms with van der Waals surface area (Å²) in [6, 6.07) is 9.28. The SMILES string of the molecule is COC(=O)c1sc(NC(=O)COC(=O)C2(c3ccccc3)CC2)c(C(=O)OC)c1C. The van der Waals surface area contributed by atoms with Crippen molar-refractivity contribution in [3.8, 4) is 0 Å². The maximum atomic E-state index is 12.6. The molecular formula is C21H21NO7S. The van der Waals surface area contributed by atoms with Crippen molar-refractivity contribution in [3.63, 3.8) is 0 Å². The Hall–Kier alpha value is -3.20. The second kappa shape index (κ2) is 8.66. The first-order valence-electron chi connectivity index (χ1n) is 9.16. The Bertz CT molecular complexity index is 992. The smallest absolute Gasteiger partial charge is 0.348 e. The predicted molar refractivity (Wildman–Crippen MR) is 109 cm³/mol. The van der Waals surface area contributed by atoms with Gasteiger partial charge in [-0.2, -0.15) is 0 Å². The average Bonchev–Trinajstić information content (AvgIpc) is 3.51. The van der Waals surface area contributed by atoms with Gasteiger partial charge in [0.25, 0.3) is 5.91 Å². The van der Waals surface area contributed by atoms with Crippen LogP contribution >= 0.6 is 11.3 Å². The Balaban J connectivity index is 1.70. The van der Waals surface area contributed by atoms with Crippen LogP contribution < -0.4 is 5.32 Å². The monoisotopic (exact) mass is 431 g/mol. The zero-order valence-corrected chi connectivity index (χ0v) is 17.6. The van der Waals surface area contributed by atoms with Gasteiger partial charge in [-0.1, -0.05) is 30.3 Å². The van der Waals surface area contributed by atoms with E-state index in [0.29, 0.717) is 18.4 Å². The highest BCUT2D eigenvalue weighted by molar-refractivity contribution is 7.18. The van der Waals surface area contributed by atoms with Crippen LogP contribution in [0.2, 0.25) is 0 Å². The Morgan fingerprint density at radius 3 is 2.23 bits per heavy atom. The molecule has 30 heavy (non-hydrogen) atoms. The van der Waals surface area contributed by atoms with E-state index in [1.54, 1.807) is 6.92 Å². The van der Waals surface area contributed by atoms with Crippen LogP contribution in [0.4, 0.5) is 5.00 Å². The lowest BCUT2D eigenvalue weighted by atomic mass is 9.96. The first kappa shape index (κ1) is 21.5. The first-order chi connectivity index (χ1) is 14.3. The highest BCUT2D eigenvalue weighted by Gasteiger charge is 2.52. The van der Waals surface area contributed by atoms with Gasteiger partial charge in [-0.05, 0) is 30.9 Å². The van der Waals surface area contributed by atoms with Crippen LogP contribution in [0.3, 0.4) is 0 Å².